The first-order chi connectivity index (χ1) is 7.13. The summed E-state index contributed by atoms with van der Waals surface area (Å²) in [5.74, 6) is 0.746. The van der Waals surface area contributed by atoms with Crippen LogP contribution in [0.2, 0.25) is 0 Å². The predicted molar refractivity (Wildman–Crippen MR) is 58.8 cm³/mol. The molecule has 3 N–H and O–H groups in total. The maximum absolute atomic E-state index is 11.1. The Morgan fingerprint density at radius 1 is 1.73 bits per heavy atom. The zero-order valence-electron chi connectivity index (χ0n) is 8.86. The van der Waals surface area contributed by atoms with Gasteiger partial charge in [-0.3, -0.25) is 4.79 Å². The van der Waals surface area contributed by atoms with Gasteiger partial charge in [-0.25, -0.2) is 4.98 Å². The molecule has 0 radical (unpaired) electrons. The van der Waals surface area contributed by atoms with Crippen molar-refractivity contribution in [3.8, 4) is 0 Å². The van der Waals surface area contributed by atoms with Crippen molar-refractivity contribution in [1.82, 2.24) is 9.97 Å². The van der Waals surface area contributed by atoms with E-state index in [2.05, 4.69) is 21.8 Å². The van der Waals surface area contributed by atoms with Crippen molar-refractivity contribution in [2.75, 3.05) is 24.5 Å². The van der Waals surface area contributed by atoms with Crippen molar-refractivity contribution in [3.05, 3.63) is 22.7 Å². The smallest absolute Gasteiger partial charge is 0.252 e. The number of hydrogen-bond donors (Lipinski definition) is 2. The van der Waals surface area contributed by atoms with Crippen LogP contribution in [0.5, 0.6) is 0 Å². The van der Waals surface area contributed by atoms with Gasteiger partial charge in [-0.1, -0.05) is 6.92 Å². The maximum atomic E-state index is 11.1. The fourth-order valence-corrected chi connectivity index (χ4v) is 1.92. The third kappa shape index (κ3) is 2.02. The summed E-state index contributed by atoms with van der Waals surface area (Å²) in [6.07, 6.45) is 2.49. The van der Waals surface area contributed by atoms with E-state index in [1.165, 1.54) is 12.4 Å². The van der Waals surface area contributed by atoms with Crippen molar-refractivity contribution in [2.24, 2.45) is 11.1 Å². The number of nitrogens with two attached hydrogens (primary N) is 1. The van der Waals surface area contributed by atoms with Gasteiger partial charge >= 0.3 is 0 Å². The van der Waals surface area contributed by atoms with Crippen molar-refractivity contribution >= 4 is 5.82 Å². The minimum Gasteiger partial charge on any atom is -0.356 e. The molecule has 0 aliphatic carbocycles. The van der Waals surface area contributed by atoms with Gasteiger partial charge in [-0.15, -0.1) is 0 Å². The van der Waals surface area contributed by atoms with Gasteiger partial charge in [0.2, 0.25) is 0 Å². The van der Waals surface area contributed by atoms with Crippen LogP contribution in [0.15, 0.2) is 17.2 Å². The highest BCUT2D eigenvalue weighted by atomic mass is 16.1. The Morgan fingerprint density at radius 2 is 2.53 bits per heavy atom. The number of nitrogens with one attached hydrogen (secondary N) is 1. The molecule has 0 amide bonds. The lowest BCUT2D eigenvalue weighted by molar-refractivity contribution is 0.383. The molecule has 1 atom stereocenters. The van der Waals surface area contributed by atoms with E-state index in [1.807, 2.05) is 0 Å². The minimum absolute atomic E-state index is 0.110. The van der Waals surface area contributed by atoms with Crippen molar-refractivity contribution in [2.45, 2.75) is 13.3 Å². The molecule has 82 valence electrons. The Kier molecular flexibility index (Phi) is 2.48. The third-order valence-corrected chi connectivity index (χ3v) is 3.04. The van der Waals surface area contributed by atoms with Gasteiger partial charge < -0.3 is 15.6 Å². The summed E-state index contributed by atoms with van der Waals surface area (Å²) in [7, 11) is 0. The van der Waals surface area contributed by atoms with Gasteiger partial charge in [-0.2, -0.15) is 0 Å². The number of anilines is 1. The summed E-state index contributed by atoms with van der Waals surface area (Å²) in [4.78, 5) is 19.9. The second kappa shape index (κ2) is 3.66. The molecule has 1 aliphatic heterocycles. The van der Waals surface area contributed by atoms with Crippen LogP contribution >= 0.6 is 0 Å². The van der Waals surface area contributed by atoms with Crippen molar-refractivity contribution < 1.29 is 0 Å². The lowest BCUT2D eigenvalue weighted by Gasteiger charge is -2.22. The predicted octanol–water partition coefficient (Wildman–Crippen LogP) is -0.0550. The van der Waals surface area contributed by atoms with Crippen LogP contribution in [0.4, 0.5) is 5.82 Å². The molecular formula is C10H16N4O. The van der Waals surface area contributed by atoms with Crippen molar-refractivity contribution in [1.29, 1.82) is 0 Å². The molecule has 1 aliphatic rings. The van der Waals surface area contributed by atoms with E-state index >= 15 is 0 Å². The Balaban J connectivity index is 2.18. The van der Waals surface area contributed by atoms with E-state index in [9.17, 15) is 4.79 Å². The molecule has 0 aromatic carbocycles. The summed E-state index contributed by atoms with van der Waals surface area (Å²) in [5.41, 5.74) is 5.77. The highest BCUT2D eigenvalue weighted by Crippen LogP contribution is 2.30. The fourth-order valence-electron chi connectivity index (χ4n) is 1.92. The average Bonchev–Trinajstić information content (AvgIpc) is 2.62. The first kappa shape index (κ1) is 10.2. The van der Waals surface area contributed by atoms with Gasteiger partial charge in [0, 0.05) is 19.2 Å². The molecule has 5 nitrogen and oxygen atoms in total. The number of aromatic amines is 1. The first-order valence-electron chi connectivity index (χ1n) is 5.13. The monoisotopic (exact) mass is 208 g/mol. The number of aromatic nitrogens is 2. The Bertz CT molecular complexity index is 402. The van der Waals surface area contributed by atoms with E-state index in [0.29, 0.717) is 6.54 Å². The second-order valence-electron chi connectivity index (χ2n) is 4.46. The largest absolute Gasteiger partial charge is 0.356 e. The molecular weight excluding hydrogens is 192 g/mol. The van der Waals surface area contributed by atoms with Crippen molar-refractivity contribution in [3.63, 3.8) is 0 Å². The van der Waals surface area contributed by atoms with Gasteiger partial charge in [0.1, 0.15) is 5.82 Å². The molecule has 1 saturated heterocycles. The summed E-state index contributed by atoms with van der Waals surface area (Å²) in [6, 6.07) is 1.53. The number of H-pyrrole nitrogens is 1. The van der Waals surface area contributed by atoms with Crippen LogP contribution in [0.1, 0.15) is 13.3 Å². The Hall–Kier alpha value is -1.36. The molecule has 1 aromatic rings. The SMILES string of the molecule is CC1(CN)CCN(c2cc(=O)[nH]cn2)C1. The highest BCUT2D eigenvalue weighted by Gasteiger charge is 2.33. The van der Waals surface area contributed by atoms with E-state index < -0.39 is 0 Å². The molecule has 0 saturated carbocycles. The second-order valence-corrected chi connectivity index (χ2v) is 4.46. The lowest BCUT2D eigenvalue weighted by atomic mass is 9.90. The number of rotatable bonds is 2. The molecule has 5 heteroatoms. The van der Waals surface area contributed by atoms with Gasteiger partial charge in [-0.05, 0) is 18.4 Å². The lowest BCUT2D eigenvalue weighted by Crippen LogP contribution is -2.31. The van der Waals surface area contributed by atoms with E-state index in [1.54, 1.807) is 0 Å². The van der Waals surface area contributed by atoms with E-state index in [4.69, 9.17) is 5.73 Å². The van der Waals surface area contributed by atoms with Crippen LogP contribution in [0, 0.1) is 5.41 Å². The Labute approximate surface area is 88.3 Å². The summed E-state index contributed by atoms with van der Waals surface area (Å²) in [5, 5.41) is 0. The topological polar surface area (TPSA) is 75.0 Å². The van der Waals surface area contributed by atoms with Crippen LogP contribution in [-0.2, 0) is 0 Å². The maximum Gasteiger partial charge on any atom is 0.252 e. The zero-order chi connectivity index (χ0) is 10.9. The molecule has 0 bridgehead atoms. The highest BCUT2D eigenvalue weighted by molar-refractivity contribution is 5.38. The molecule has 0 spiro atoms. The molecule has 1 aromatic heterocycles. The van der Waals surface area contributed by atoms with E-state index in [-0.39, 0.29) is 11.0 Å². The molecule has 2 heterocycles. The third-order valence-electron chi connectivity index (χ3n) is 3.04. The number of nitrogens with zero attached hydrogens (tertiary/aromatic N) is 2. The molecule has 1 unspecified atom stereocenters. The van der Waals surface area contributed by atoms with Crippen LogP contribution < -0.4 is 16.2 Å². The molecule has 2 rings (SSSR count). The standard InChI is InChI=1S/C10H16N4O/c1-10(5-11)2-3-14(6-10)8-4-9(15)13-7-12-8/h4,7H,2-3,5-6,11H2,1H3,(H,12,13,15). The summed E-state index contributed by atoms with van der Waals surface area (Å²) < 4.78 is 0. The van der Waals surface area contributed by atoms with Crippen LogP contribution in [-0.4, -0.2) is 29.6 Å². The van der Waals surface area contributed by atoms with E-state index in [0.717, 1.165) is 25.3 Å². The van der Waals surface area contributed by atoms with Gasteiger partial charge in [0.15, 0.2) is 0 Å². The zero-order valence-corrected chi connectivity index (χ0v) is 8.86. The summed E-state index contributed by atoms with van der Waals surface area (Å²) in [6.45, 7) is 4.64. The van der Waals surface area contributed by atoms with Gasteiger partial charge in [0.25, 0.3) is 5.56 Å². The molecule has 1 fully saturated rings. The molecule has 15 heavy (non-hydrogen) atoms. The average molecular weight is 208 g/mol. The first-order valence-corrected chi connectivity index (χ1v) is 5.13. The fraction of sp³-hybridized carbons (Fsp3) is 0.600. The normalized spacial score (nSPS) is 25.9. The van der Waals surface area contributed by atoms with Crippen LogP contribution in [0.3, 0.4) is 0 Å². The minimum atomic E-state index is -0.110. The number of hydrogen-bond acceptors (Lipinski definition) is 4. The van der Waals surface area contributed by atoms with Gasteiger partial charge in [0.05, 0.1) is 6.33 Å². The Morgan fingerprint density at radius 3 is 3.13 bits per heavy atom. The quantitative estimate of drug-likeness (QED) is 0.714. The van der Waals surface area contributed by atoms with Crippen LogP contribution in [0.25, 0.3) is 0 Å². The summed E-state index contributed by atoms with van der Waals surface area (Å²) >= 11 is 0.